The first-order valence-corrected chi connectivity index (χ1v) is 8.65. The molecule has 0 atom stereocenters. The number of hydrogen-bond donors (Lipinski definition) is 4. The Hall–Kier alpha value is -3.82. The van der Waals surface area contributed by atoms with Crippen LogP contribution in [0.5, 0.6) is 0 Å². The number of hydrogen-bond acceptors (Lipinski definition) is 3. The zero-order valence-corrected chi connectivity index (χ0v) is 15.8. The standard InChI is InChI=1S/C18H18N4O.C2HF3O2/c1-13-2-4-14(5-3-13)10-19-18(23)22-17-8-6-15(7-9-17)16-11-20-21-12-16;3-2(4,5)1(6)7/h2-9,11-12H,10H2,1H3,(H,20,21)(H2,19,22,23);(H,6,7). The Bertz CT molecular complexity index is 954. The van der Waals surface area contributed by atoms with E-state index in [1.54, 1.807) is 6.20 Å². The molecule has 1 aromatic heterocycles. The second-order valence-electron chi connectivity index (χ2n) is 6.16. The van der Waals surface area contributed by atoms with Crippen LogP contribution in [0.2, 0.25) is 0 Å². The Labute approximate surface area is 169 Å². The van der Waals surface area contributed by atoms with Crippen LogP contribution < -0.4 is 10.6 Å². The van der Waals surface area contributed by atoms with Gasteiger partial charge >= 0.3 is 18.2 Å². The number of carboxylic acid groups (broad SMARTS) is 1. The smallest absolute Gasteiger partial charge is 0.475 e. The van der Waals surface area contributed by atoms with Crippen molar-refractivity contribution in [1.29, 1.82) is 0 Å². The van der Waals surface area contributed by atoms with E-state index in [2.05, 4.69) is 20.8 Å². The first kappa shape index (κ1) is 22.5. The van der Waals surface area contributed by atoms with E-state index >= 15 is 0 Å². The highest BCUT2D eigenvalue weighted by molar-refractivity contribution is 5.89. The van der Waals surface area contributed by atoms with Crippen LogP contribution in [0.3, 0.4) is 0 Å². The van der Waals surface area contributed by atoms with Crippen molar-refractivity contribution in [2.75, 3.05) is 5.32 Å². The number of aryl methyl sites for hydroxylation is 1. The number of aromatic nitrogens is 2. The normalized spacial score (nSPS) is 10.5. The summed E-state index contributed by atoms with van der Waals surface area (Å²) < 4.78 is 31.7. The first-order chi connectivity index (χ1) is 14.1. The highest BCUT2D eigenvalue weighted by atomic mass is 19.4. The monoisotopic (exact) mass is 420 g/mol. The number of nitrogens with zero attached hydrogens (tertiary/aromatic N) is 1. The largest absolute Gasteiger partial charge is 0.490 e. The third-order valence-electron chi connectivity index (χ3n) is 3.79. The second-order valence-corrected chi connectivity index (χ2v) is 6.16. The lowest BCUT2D eigenvalue weighted by Crippen LogP contribution is -2.28. The molecule has 3 rings (SSSR count). The van der Waals surface area contributed by atoms with Gasteiger partial charge in [-0.25, -0.2) is 9.59 Å². The van der Waals surface area contributed by atoms with E-state index < -0.39 is 12.1 Å². The lowest BCUT2D eigenvalue weighted by molar-refractivity contribution is -0.192. The number of aliphatic carboxylic acids is 1. The van der Waals surface area contributed by atoms with Crippen molar-refractivity contribution in [3.05, 3.63) is 72.1 Å². The Kier molecular flexibility index (Phi) is 7.56. The zero-order valence-electron chi connectivity index (χ0n) is 15.8. The summed E-state index contributed by atoms with van der Waals surface area (Å²) in [4.78, 5) is 20.8. The minimum absolute atomic E-state index is 0.221. The molecule has 2 aromatic carbocycles. The fourth-order valence-corrected chi connectivity index (χ4v) is 2.22. The van der Waals surface area contributed by atoms with Gasteiger partial charge in [-0.1, -0.05) is 42.0 Å². The summed E-state index contributed by atoms with van der Waals surface area (Å²) >= 11 is 0. The number of rotatable bonds is 4. The maximum Gasteiger partial charge on any atom is 0.490 e. The first-order valence-electron chi connectivity index (χ1n) is 8.65. The fourth-order valence-electron chi connectivity index (χ4n) is 2.22. The van der Waals surface area contributed by atoms with Crippen molar-refractivity contribution in [2.24, 2.45) is 0 Å². The Morgan fingerprint density at radius 2 is 1.63 bits per heavy atom. The van der Waals surface area contributed by atoms with Crippen molar-refractivity contribution in [2.45, 2.75) is 19.6 Å². The summed E-state index contributed by atoms with van der Waals surface area (Å²) in [5.41, 5.74) is 5.08. The lowest BCUT2D eigenvalue weighted by atomic mass is 10.1. The van der Waals surface area contributed by atoms with Crippen molar-refractivity contribution in [1.82, 2.24) is 15.5 Å². The van der Waals surface area contributed by atoms with Crippen molar-refractivity contribution in [3.63, 3.8) is 0 Å². The molecule has 30 heavy (non-hydrogen) atoms. The molecule has 0 saturated carbocycles. The number of halogens is 3. The SMILES string of the molecule is Cc1ccc(CNC(=O)Nc2ccc(-c3cn[nH]c3)cc2)cc1.O=C(O)C(F)(F)F. The van der Waals surface area contributed by atoms with Gasteiger partial charge in [0.2, 0.25) is 0 Å². The van der Waals surface area contributed by atoms with Crippen LogP contribution in [0.25, 0.3) is 11.1 Å². The van der Waals surface area contributed by atoms with E-state index in [4.69, 9.17) is 9.90 Å². The molecule has 4 N–H and O–H groups in total. The number of carbonyl (C=O) groups is 2. The molecule has 158 valence electrons. The van der Waals surface area contributed by atoms with Gasteiger partial charge in [0.05, 0.1) is 6.20 Å². The number of urea groups is 1. The average molecular weight is 420 g/mol. The summed E-state index contributed by atoms with van der Waals surface area (Å²) in [5, 5.41) is 19.5. The topological polar surface area (TPSA) is 107 Å². The minimum Gasteiger partial charge on any atom is -0.475 e. The Balaban J connectivity index is 0.000000396. The van der Waals surface area contributed by atoms with Crippen LogP contribution in [0.15, 0.2) is 60.9 Å². The average Bonchev–Trinajstić information content (AvgIpc) is 3.23. The van der Waals surface area contributed by atoms with Gasteiger partial charge in [-0.2, -0.15) is 18.3 Å². The van der Waals surface area contributed by atoms with Gasteiger partial charge in [0, 0.05) is 24.0 Å². The van der Waals surface area contributed by atoms with Crippen LogP contribution in [-0.4, -0.2) is 33.5 Å². The van der Waals surface area contributed by atoms with Crippen molar-refractivity contribution in [3.8, 4) is 11.1 Å². The predicted molar refractivity (Wildman–Crippen MR) is 105 cm³/mol. The van der Waals surface area contributed by atoms with E-state index in [-0.39, 0.29) is 6.03 Å². The number of alkyl halides is 3. The van der Waals surface area contributed by atoms with Gasteiger partial charge in [-0.15, -0.1) is 0 Å². The number of carboxylic acids is 1. The molecule has 10 heteroatoms. The van der Waals surface area contributed by atoms with Gasteiger partial charge < -0.3 is 15.7 Å². The third-order valence-corrected chi connectivity index (χ3v) is 3.79. The molecule has 7 nitrogen and oxygen atoms in total. The molecule has 0 fully saturated rings. The number of H-pyrrole nitrogens is 1. The highest BCUT2D eigenvalue weighted by Gasteiger charge is 2.38. The number of aromatic amines is 1. The fraction of sp³-hybridized carbons (Fsp3) is 0.150. The van der Waals surface area contributed by atoms with Gasteiger partial charge in [0.15, 0.2) is 0 Å². The summed E-state index contributed by atoms with van der Waals surface area (Å²) in [6.07, 6.45) is -1.49. The molecule has 0 aliphatic heterocycles. The van der Waals surface area contributed by atoms with Crippen LogP contribution in [0.1, 0.15) is 11.1 Å². The van der Waals surface area contributed by atoms with Crippen molar-refractivity contribution >= 4 is 17.7 Å². The summed E-state index contributed by atoms with van der Waals surface area (Å²) in [6, 6.07) is 15.5. The van der Waals surface area contributed by atoms with E-state index in [1.807, 2.05) is 61.7 Å². The molecule has 0 bridgehead atoms. The van der Waals surface area contributed by atoms with E-state index in [1.165, 1.54) is 5.56 Å². The quantitative estimate of drug-likeness (QED) is 0.504. The highest BCUT2D eigenvalue weighted by Crippen LogP contribution is 2.19. The van der Waals surface area contributed by atoms with E-state index in [0.29, 0.717) is 6.54 Å². The number of benzene rings is 2. The molecule has 3 aromatic rings. The molecule has 2 amide bonds. The molecular weight excluding hydrogens is 401 g/mol. The van der Waals surface area contributed by atoms with Gasteiger partial charge in [-0.05, 0) is 30.2 Å². The molecule has 1 heterocycles. The maximum atomic E-state index is 11.9. The summed E-state index contributed by atoms with van der Waals surface area (Å²) in [5.74, 6) is -2.76. The van der Waals surface area contributed by atoms with Gasteiger partial charge in [-0.3, -0.25) is 5.10 Å². The Morgan fingerprint density at radius 1 is 1.03 bits per heavy atom. The van der Waals surface area contributed by atoms with Crippen LogP contribution >= 0.6 is 0 Å². The number of anilines is 1. The number of amides is 2. The molecule has 0 aliphatic carbocycles. The predicted octanol–water partition coefficient (Wildman–Crippen LogP) is 4.34. The van der Waals surface area contributed by atoms with Crippen LogP contribution in [-0.2, 0) is 11.3 Å². The molecule has 0 saturated heterocycles. The summed E-state index contributed by atoms with van der Waals surface area (Å²) in [7, 11) is 0. The minimum atomic E-state index is -5.08. The zero-order chi connectivity index (χ0) is 22.1. The molecular formula is C20H19F3N4O3. The van der Waals surface area contributed by atoms with Gasteiger partial charge in [0.1, 0.15) is 0 Å². The summed E-state index contributed by atoms with van der Waals surface area (Å²) in [6.45, 7) is 2.54. The third kappa shape index (κ3) is 7.30. The van der Waals surface area contributed by atoms with E-state index in [0.717, 1.165) is 22.4 Å². The molecule has 0 unspecified atom stereocenters. The second kappa shape index (κ2) is 10.1. The van der Waals surface area contributed by atoms with Crippen LogP contribution in [0.4, 0.5) is 23.7 Å². The number of carbonyl (C=O) groups excluding carboxylic acids is 1. The van der Waals surface area contributed by atoms with Crippen LogP contribution in [0, 0.1) is 6.92 Å². The molecule has 0 aliphatic rings. The van der Waals surface area contributed by atoms with Crippen molar-refractivity contribution < 1.29 is 27.9 Å². The Morgan fingerprint density at radius 3 is 2.13 bits per heavy atom. The lowest BCUT2D eigenvalue weighted by Gasteiger charge is -2.08. The maximum absolute atomic E-state index is 11.9. The van der Waals surface area contributed by atoms with E-state index in [9.17, 15) is 18.0 Å². The molecule has 0 radical (unpaired) electrons. The molecule has 0 spiro atoms. The van der Waals surface area contributed by atoms with Gasteiger partial charge in [0.25, 0.3) is 0 Å². The number of nitrogens with one attached hydrogen (secondary N) is 3.